The second kappa shape index (κ2) is 8.84. The lowest BCUT2D eigenvalue weighted by molar-refractivity contribution is 0.0949. The van der Waals surface area contributed by atoms with Gasteiger partial charge in [0.05, 0.1) is 19.8 Å². The Morgan fingerprint density at radius 3 is 2.57 bits per heavy atom. The Hall–Kier alpha value is -2.93. The lowest BCUT2D eigenvalue weighted by atomic mass is 10.1. The second-order valence-corrected chi connectivity index (χ2v) is 7.30. The second-order valence-electron chi connectivity index (χ2n) is 6.09. The van der Waals surface area contributed by atoms with Gasteiger partial charge in [0.2, 0.25) is 0 Å². The van der Waals surface area contributed by atoms with E-state index < -0.39 is 5.82 Å². The molecule has 0 atom stereocenters. The standard InChI is InChI=1S/C21H21FN2O3S/c1-13-19(20(25)23-12-11-14-7-9-15(26-2)10-8-14)24-21(28-13)18-16(22)5-4-6-17(18)27-3/h4-10H,11-12H2,1-3H3,(H,23,25). The number of nitrogens with one attached hydrogen (secondary N) is 1. The van der Waals surface area contributed by atoms with Crippen LogP contribution in [-0.4, -0.2) is 31.7 Å². The first kappa shape index (κ1) is 19.8. The van der Waals surface area contributed by atoms with Crippen LogP contribution < -0.4 is 14.8 Å². The van der Waals surface area contributed by atoms with Crippen LogP contribution in [0.15, 0.2) is 42.5 Å². The summed E-state index contributed by atoms with van der Waals surface area (Å²) >= 11 is 1.27. The van der Waals surface area contributed by atoms with E-state index in [1.165, 1.54) is 24.5 Å². The Labute approximate surface area is 167 Å². The Morgan fingerprint density at radius 2 is 1.89 bits per heavy atom. The van der Waals surface area contributed by atoms with Gasteiger partial charge in [-0.15, -0.1) is 11.3 Å². The predicted octanol–water partition coefficient (Wildman–Crippen LogP) is 4.25. The molecule has 3 rings (SSSR count). The number of carbonyl (C=O) groups is 1. The molecular weight excluding hydrogens is 379 g/mol. The minimum absolute atomic E-state index is 0.274. The highest BCUT2D eigenvalue weighted by Crippen LogP contribution is 2.36. The first-order valence-corrected chi connectivity index (χ1v) is 9.56. The molecule has 7 heteroatoms. The molecule has 146 valence electrons. The topological polar surface area (TPSA) is 60.5 Å². The fraction of sp³-hybridized carbons (Fsp3) is 0.238. The molecule has 5 nitrogen and oxygen atoms in total. The van der Waals surface area contributed by atoms with Crippen LogP contribution in [0.25, 0.3) is 10.6 Å². The SMILES string of the molecule is COc1ccc(CCNC(=O)c2nc(-c3c(F)cccc3OC)sc2C)cc1. The van der Waals surface area contributed by atoms with Gasteiger partial charge in [-0.1, -0.05) is 18.2 Å². The van der Waals surface area contributed by atoms with Crippen molar-refractivity contribution in [2.75, 3.05) is 20.8 Å². The number of halogens is 1. The third-order valence-electron chi connectivity index (χ3n) is 4.28. The first-order chi connectivity index (χ1) is 13.5. The van der Waals surface area contributed by atoms with E-state index in [1.54, 1.807) is 26.2 Å². The summed E-state index contributed by atoms with van der Waals surface area (Å²) in [5.74, 6) is 0.477. The number of amides is 1. The van der Waals surface area contributed by atoms with Gasteiger partial charge in [0.15, 0.2) is 0 Å². The highest BCUT2D eigenvalue weighted by molar-refractivity contribution is 7.15. The maximum atomic E-state index is 14.3. The van der Waals surface area contributed by atoms with Crippen LogP contribution in [0, 0.1) is 12.7 Å². The fourth-order valence-corrected chi connectivity index (χ4v) is 3.75. The Balaban J connectivity index is 1.69. The summed E-state index contributed by atoms with van der Waals surface area (Å²) in [6, 6.07) is 12.3. The summed E-state index contributed by atoms with van der Waals surface area (Å²) in [7, 11) is 3.10. The number of carbonyl (C=O) groups excluding carboxylic acids is 1. The molecule has 3 aromatic rings. The van der Waals surface area contributed by atoms with Crippen molar-refractivity contribution in [3.63, 3.8) is 0 Å². The minimum Gasteiger partial charge on any atom is -0.497 e. The number of aryl methyl sites for hydroxylation is 1. The van der Waals surface area contributed by atoms with Crippen LogP contribution >= 0.6 is 11.3 Å². The molecule has 2 aromatic carbocycles. The van der Waals surface area contributed by atoms with Crippen LogP contribution in [0.3, 0.4) is 0 Å². The van der Waals surface area contributed by atoms with Gasteiger partial charge in [0.1, 0.15) is 28.0 Å². The maximum absolute atomic E-state index is 14.3. The molecule has 0 bridgehead atoms. The van der Waals surface area contributed by atoms with Crippen molar-refractivity contribution in [1.82, 2.24) is 10.3 Å². The van der Waals surface area contributed by atoms with Crippen LogP contribution in [0.5, 0.6) is 11.5 Å². The number of nitrogens with zero attached hydrogens (tertiary/aromatic N) is 1. The highest BCUT2D eigenvalue weighted by Gasteiger charge is 2.20. The highest BCUT2D eigenvalue weighted by atomic mass is 32.1. The molecule has 0 aliphatic rings. The molecule has 1 heterocycles. The number of aromatic nitrogens is 1. The monoisotopic (exact) mass is 400 g/mol. The van der Waals surface area contributed by atoms with Gasteiger partial charge < -0.3 is 14.8 Å². The first-order valence-electron chi connectivity index (χ1n) is 8.75. The van der Waals surface area contributed by atoms with Crippen LogP contribution in [0.2, 0.25) is 0 Å². The van der Waals surface area contributed by atoms with Gasteiger partial charge in [0.25, 0.3) is 5.91 Å². The van der Waals surface area contributed by atoms with Crippen molar-refractivity contribution >= 4 is 17.2 Å². The van der Waals surface area contributed by atoms with E-state index >= 15 is 0 Å². The average molecular weight is 400 g/mol. The predicted molar refractivity (Wildman–Crippen MR) is 108 cm³/mol. The van der Waals surface area contributed by atoms with Gasteiger partial charge in [-0.3, -0.25) is 4.79 Å². The number of rotatable bonds is 7. The zero-order valence-electron chi connectivity index (χ0n) is 15.9. The molecular formula is C21H21FN2O3S. The number of ether oxygens (including phenoxy) is 2. The van der Waals surface area contributed by atoms with E-state index in [2.05, 4.69) is 10.3 Å². The molecule has 28 heavy (non-hydrogen) atoms. The number of hydrogen-bond donors (Lipinski definition) is 1. The van der Waals surface area contributed by atoms with E-state index in [0.29, 0.717) is 29.4 Å². The zero-order chi connectivity index (χ0) is 20.1. The number of hydrogen-bond acceptors (Lipinski definition) is 5. The van der Waals surface area contributed by atoms with Gasteiger partial charge in [-0.25, -0.2) is 9.37 Å². The van der Waals surface area contributed by atoms with Gasteiger partial charge in [-0.2, -0.15) is 0 Å². The van der Waals surface area contributed by atoms with E-state index in [0.717, 1.165) is 16.2 Å². The molecule has 1 N–H and O–H groups in total. The van der Waals surface area contributed by atoms with Crippen molar-refractivity contribution in [2.45, 2.75) is 13.3 Å². The summed E-state index contributed by atoms with van der Waals surface area (Å²) in [5, 5.41) is 3.30. The van der Waals surface area contributed by atoms with Gasteiger partial charge >= 0.3 is 0 Å². The largest absolute Gasteiger partial charge is 0.497 e. The van der Waals surface area contributed by atoms with Crippen LogP contribution in [0.1, 0.15) is 20.9 Å². The molecule has 0 saturated carbocycles. The van der Waals surface area contributed by atoms with Crippen molar-refractivity contribution in [3.05, 3.63) is 64.4 Å². The molecule has 0 spiro atoms. The summed E-state index contributed by atoms with van der Waals surface area (Å²) in [6.07, 6.45) is 0.687. The average Bonchev–Trinajstić information content (AvgIpc) is 3.09. The number of benzene rings is 2. The Bertz CT molecular complexity index is 970. The van der Waals surface area contributed by atoms with Gasteiger partial charge in [-0.05, 0) is 43.2 Å². The molecule has 1 aromatic heterocycles. The number of methoxy groups -OCH3 is 2. The van der Waals surface area contributed by atoms with E-state index in [4.69, 9.17) is 9.47 Å². The smallest absolute Gasteiger partial charge is 0.271 e. The summed E-state index contributed by atoms with van der Waals surface area (Å²) in [4.78, 5) is 17.6. The van der Waals surface area contributed by atoms with E-state index in [9.17, 15) is 9.18 Å². The van der Waals surface area contributed by atoms with E-state index in [-0.39, 0.29) is 11.5 Å². The van der Waals surface area contributed by atoms with Crippen LogP contribution in [-0.2, 0) is 6.42 Å². The normalized spacial score (nSPS) is 10.6. The summed E-state index contributed by atoms with van der Waals surface area (Å²) in [5.41, 5.74) is 1.67. The fourth-order valence-electron chi connectivity index (χ4n) is 2.79. The molecule has 0 fully saturated rings. The third-order valence-corrected chi connectivity index (χ3v) is 5.27. The molecule has 0 unspecified atom stereocenters. The minimum atomic E-state index is -0.431. The zero-order valence-corrected chi connectivity index (χ0v) is 16.7. The molecule has 0 aliphatic heterocycles. The van der Waals surface area contributed by atoms with Crippen molar-refractivity contribution in [1.29, 1.82) is 0 Å². The van der Waals surface area contributed by atoms with Crippen molar-refractivity contribution < 1.29 is 18.7 Å². The molecule has 0 radical (unpaired) electrons. The molecule has 0 saturated heterocycles. The quantitative estimate of drug-likeness (QED) is 0.644. The van der Waals surface area contributed by atoms with Gasteiger partial charge in [0, 0.05) is 11.4 Å². The lowest BCUT2D eigenvalue weighted by Crippen LogP contribution is -2.26. The van der Waals surface area contributed by atoms with Crippen molar-refractivity contribution in [3.8, 4) is 22.1 Å². The molecule has 0 aliphatic carbocycles. The Morgan fingerprint density at radius 1 is 1.14 bits per heavy atom. The molecule has 1 amide bonds. The third kappa shape index (κ3) is 4.31. The summed E-state index contributed by atoms with van der Waals surface area (Å²) in [6.45, 7) is 2.27. The number of thiazole rings is 1. The van der Waals surface area contributed by atoms with Crippen LogP contribution in [0.4, 0.5) is 4.39 Å². The van der Waals surface area contributed by atoms with E-state index in [1.807, 2.05) is 24.3 Å². The summed E-state index contributed by atoms with van der Waals surface area (Å²) < 4.78 is 24.7. The maximum Gasteiger partial charge on any atom is 0.271 e. The lowest BCUT2D eigenvalue weighted by Gasteiger charge is -2.06. The Kier molecular flexibility index (Phi) is 6.26. The van der Waals surface area contributed by atoms with Crippen molar-refractivity contribution in [2.24, 2.45) is 0 Å².